The van der Waals surface area contributed by atoms with Crippen molar-refractivity contribution in [1.29, 1.82) is 0 Å². The molecule has 0 aliphatic heterocycles. The monoisotopic (exact) mass is 864 g/mol. The van der Waals surface area contributed by atoms with Gasteiger partial charge in [-0.25, -0.2) is 46.6 Å². The van der Waals surface area contributed by atoms with E-state index in [0.29, 0.717) is 0 Å². The van der Waals surface area contributed by atoms with Gasteiger partial charge in [0.05, 0.1) is 0 Å². The van der Waals surface area contributed by atoms with Crippen LogP contribution in [0.2, 0.25) is 26.2 Å². The summed E-state index contributed by atoms with van der Waals surface area (Å²) in [7, 11) is 0. The van der Waals surface area contributed by atoms with E-state index in [4.69, 9.17) is 0 Å². The minimum absolute atomic E-state index is 0. The Hall–Kier alpha value is 0.674. The molecule has 0 spiro atoms. The molecule has 0 amide bonds. The molecule has 184 valence electrons. The molecule has 0 heterocycles. The Morgan fingerprint density at radius 2 is 0.647 bits per heavy atom. The summed E-state index contributed by atoms with van der Waals surface area (Å²) in [6.07, 6.45) is 33.0. The van der Waals surface area contributed by atoms with E-state index in [9.17, 15) is 0 Å². The first-order valence-electron chi connectivity index (χ1n) is 11.0. The second-order valence-corrected chi connectivity index (χ2v) is 33.6. The number of hydrogen-bond donors (Lipinski definition) is 0. The predicted octanol–water partition coefficient (Wildman–Crippen LogP) is 9.20. The SMILES string of the molecule is CC1=CC[C-]=C1.CC1=CC[C-]=C1.CC1=CC[C-]=C1.CC1=CC[C-]=C1.C[Si](C)=[Hf+2].C[Si](C)=[Hf+2].Cl.Cl. The minimum Gasteiger partial charge on any atom is -0.147 e. The average molecular weight is 863 g/mol. The zero-order valence-corrected chi connectivity index (χ0v) is 33.1. The molecule has 0 radical (unpaired) electrons. The van der Waals surface area contributed by atoms with Gasteiger partial charge in [-0.3, -0.25) is 24.3 Å². The molecule has 0 aromatic carbocycles. The van der Waals surface area contributed by atoms with Gasteiger partial charge in [0.25, 0.3) is 0 Å². The van der Waals surface area contributed by atoms with Crippen LogP contribution in [0.5, 0.6) is 0 Å². The molecular formula is C28H42Cl2Hf2Si2. The number of hydrogen-bond acceptors (Lipinski definition) is 0. The smallest absolute Gasteiger partial charge is 0.147 e. The molecular weight excluding hydrogens is 820 g/mol. The van der Waals surface area contributed by atoms with Gasteiger partial charge in [-0.1, -0.05) is 0 Å². The van der Waals surface area contributed by atoms with E-state index >= 15 is 0 Å². The van der Waals surface area contributed by atoms with Crippen molar-refractivity contribution >= 4 is 35.8 Å². The van der Waals surface area contributed by atoms with Crippen LogP contribution in [-0.4, -0.2) is 11.0 Å². The molecule has 4 aliphatic rings. The van der Waals surface area contributed by atoms with E-state index in [1.165, 1.54) is 68.3 Å². The Kier molecular flexibility index (Phi) is 36.8. The third-order valence-electron chi connectivity index (χ3n) is 3.49. The van der Waals surface area contributed by atoms with Crippen LogP contribution in [0.1, 0.15) is 53.4 Å². The van der Waals surface area contributed by atoms with E-state index in [-0.39, 0.29) is 35.8 Å². The van der Waals surface area contributed by atoms with Crippen LogP contribution in [0, 0.1) is 24.3 Å². The zero-order chi connectivity index (χ0) is 24.8. The van der Waals surface area contributed by atoms with Gasteiger partial charge < -0.3 is 0 Å². The van der Waals surface area contributed by atoms with Crippen LogP contribution in [0.3, 0.4) is 0 Å². The first-order valence-corrected chi connectivity index (χ1v) is 26.8. The molecule has 4 aliphatic carbocycles. The van der Waals surface area contributed by atoms with E-state index in [2.05, 4.69) is 102 Å². The summed E-state index contributed by atoms with van der Waals surface area (Å²) in [5.74, 6) is 0. The predicted molar refractivity (Wildman–Crippen MR) is 154 cm³/mol. The van der Waals surface area contributed by atoms with Gasteiger partial charge in [0.15, 0.2) is 0 Å². The van der Waals surface area contributed by atoms with Crippen LogP contribution >= 0.6 is 24.8 Å². The molecule has 0 unspecified atom stereocenters. The number of rotatable bonds is 0. The molecule has 0 atom stereocenters. The summed E-state index contributed by atoms with van der Waals surface area (Å²) < 4.78 is 0. The Bertz CT molecular complexity index is 669. The molecule has 0 fully saturated rings. The fourth-order valence-corrected chi connectivity index (χ4v) is 2.00. The maximum atomic E-state index is 3.05. The average Bonchev–Trinajstić information content (AvgIpc) is 3.47. The summed E-state index contributed by atoms with van der Waals surface area (Å²) in [5, 5.41) is 0. The van der Waals surface area contributed by atoms with Crippen LogP contribution in [0.4, 0.5) is 0 Å². The largest absolute Gasteiger partial charge is 0.147 e. The Labute approximate surface area is 254 Å². The summed E-state index contributed by atoms with van der Waals surface area (Å²) in [6.45, 7) is 17.7. The summed E-state index contributed by atoms with van der Waals surface area (Å²) in [6, 6.07) is 0. The quantitative estimate of drug-likeness (QED) is 0.169. The second-order valence-electron chi connectivity index (χ2n) is 8.00. The molecule has 4 rings (SSSR count). The van der Waals surface area contributed by atoms with E-state index in [1.54, 1.807) is 0 Å². The molecule has 0 N–H and O–H groups in total. The van der Waals surface area contributed by atoms with Gasteiger partial charge >= 0.3 is 83.2 Å². The van der Waals surface area contributed by atoms with Crippen LogP contribution in [0.25, 0.3) is 0 Å². The summed E-state index contributed by atoms with van der Waals surface area (Å²) in [5.41, 5.74) is 5.89. The molecule has 0 aromatic rings. The molecule has 34 heavy (non-hydrogen) atoms. The van der Waals surface area contributed by atoms with Gasteiger partial charge in [-0.2, -0.15) is 24.3 Å². The van der Waals surface area contributed by atoms with Gasteiger partial charge in [-0.15, -0.1) is 78.2 Å². The normalized spacial score (nSPS) is 14.7. The van der Waals surface area contributed by atoms with Crippen molar-refractivity contribution in [3.8, 4) is 0 Å². The van der Waals surface area contributed by atoms with Gasteiger partial charge in [0, 0.05) is 0 Å². The van der Waals surface area contributed by atoms with Gasteiger partial charge in [-0.05, 0) is 0 Å². The van der Waals surface area contributed by atoms with E-state index in [1.807, 2.05) is 24.3 Å². The van der Waals surface area contributed by atoms with E-state index < -0.39 is 0 Å². The Morgan fingerprint density at radius 3 is 0.676 bits per heavy atom. The van der Waals surface area contributed by atoms with Crippen molar-refractivity contribution in [3.05, 3.63) is 95.2 Å². The molecule has 0 aromatic heterocycles. The van der Waals surface area contributed by atoms with Crippen molar-refractivity contribution in [1.82, 2.24) is 0 Å². The fourth-order valence-electron chi connectivity index (χ4n) is 2.00. The maximum absolute atomic E-state index is 3.05. The fraction of sp³-hybridized carbons (Fsp3) is 0.429. The van der Waals surface area contributed by atoms with Crippen LogP contribution < -0.4 is 0 Å². The first-order chi connectivity index (χ1) is 15.0. The third-order valence-corrected chi connectivity index (χ3v) is 3.49. The first kappa shape index (κ1) is 41.8. The van der Waals surface area contributed by atoms with Crippen molar-refractivity contribution in [3.63, 3.8) is 0 Å². The topological polar surface area (TPSA) is 0 Å². The number of allylic oxidation sites excluding steroid dienone is 16. The zero-order valence-electron chi connectivity index (χ0n) is 22.3. The van der Waals surface area contributed by atoms with Gasteiger partial charge in [0.1, 0.15) is 0 Å². The van der Waals surface area contributed by atoms with Crippen molar-refractivity contribution < 1.29 is 46.0 Å². The summed E-state index contributed by atoms with van der Waals surface area (Å²) >= 11 is 2.90. The number of halogens is 2. The van der Waals surface area contributed by atoms with Crippen LogP contribution in [-0.2, 0) is 46.0 Å². The minimum atomic E-state index is 0. The Balaban J connectivity index is -0.000000159. The molecule has 0 saturated heterocycles. The standard InChI is InChI=1S/4C6H7.2C2H6Si.2ClH.2Hf/c4*1-6-4-2-3-5-6;2*1-3-2;;;;/h4*4-5H,2H2,1H3;2*1-2H3;2*1H;;/q4*-1;;;;;2*+2. The van der Waals surface area contributed by atoms with Crippen LogP contribution in [0.15, 0.2) is 70.9 Å². The molecule has 0 saturated carbocycles. The molecule has 0 bridgehead atoms. The second kappa shape index (κ2) is 29.9. The third kappa shape index (κ3) is 39.9. The van der Waals surface area contributed by atoms with Crippen molar-refractivity contribution in [2.24, 2.45) is 0 Å². The molecule has 6 heteroatoms. The summed E-state index contributed by atoms with van der Waals surface area (Å²) in [4.78, 5) is 0. The van der Waals surface area contributed by atoms with Gasteiger partial charge in [0.2, 0.25) is 0 Å². The maximum Gasteiger partial charge on any atom is -0.147 e. The Morgan fingerprint density at radius 1 is 0.500 bits per heavy atom. The van der Waals surface area contributed by atoms with Crippen molar-refractivity contribution in [2.45, 2.75) is 79.6 Å². The molecule has 0 nitrogen and oxygen atoms in total. The van der Waals surface area contributed by atoms with E-state index in [0.717, 1.165) is 25.7 Å². The van der Waals surface area contributed by atoms with Crippen molar-refractivity contribution in [2.75, 3.05) is 0 Å².